The fraction of sp³-hybridized carbons (Fsp3) is 0.304. The van der Waals surface area contributed by atoms with Gasteiger partial charge < -0.3 is 9.64 Å². The molecule has 1 aromatic heterocycles. The summed E-state index contributed by atoms with van der Waals surface area (Å²) in [6.45, 7) is 5.57. The molecule has 154 valence electrons. The third kappa shape index (κ3) is 4.31. The largest absolute Gasteiger partial charge is 0.367 e. The van der Waals surface area contributed by atoms with Crippen LogP contribution in [0.4, 0.5) is 11.5 Å². The SMILES string of the molecule is CCc1cc(N2C[C@@H](C)O[C@H](c3ccccc3)C2)nc(-c2ccc([N+](=O)[O-])cc2)n1. The average Bonchev–Trinajstić information content (AvgIpc) is 2.79. The third-order valence-electron chi connectivity index (χ3n) is 5.22. The lowest BCUT2D eigenvalue weighted by molar-refractivity contribution is -0.384. The molecule has 2 heterocycles. The number of morpholine rings is 1. The summed E-state index contributed by atoms with van der Waals surface area (Å²) < 4.78 is 6.18. The fourth-order valence-corrected chi connectivity index (χ4v) is 3.68. The van der Waals surface area contributed by atoms with Gasteiger partial charge in [-0.15, -0.1) is 0 Å². The quantitative estimate of drug-likeness (QED) is 0.457. The van der Waals surface area contributed by atoms with Gasteiger partial charge in [0, 0.05) is 42.5 Å². The predicted octanol–water partition coefficient (Wildman–Crippen LogP) is 4.58. The van der Waals surface area contributed by atoms with Gasteiger partial charge in [-0.1, -0.05) is 37.3 Å². The van der Waals surface area contributed by atoms with E-state index in [4.69, 9.17) is 9.72 Å². The molecule has 0 aliphatic carbocycles. The highest BCUT2D eigenvalue weighted by molar-refractivity contribution is 5.60. The molecule has 2 atom stereocenters. The number of nitro benzene ring substituents is 1. The molecular formula is C23H24N4O3. The van der Waals surface area contributed by atoms with Crippen LogP contribution in [0.1, 0.15) is 31.2 Å². The highest BCUT2D eigenvalue weighted by Crippen LogP contribution is 2.29. The number of aromatic nitrogens is 2. The lowest BCUT2D eigenvalue weighted by atomic mass is 10.1. The molecule has 1 aliphatic heterocycles. The van der Waals surface area contributed by atoms with Crippen LogP contribution in [0.15, 0.2) is 60.7 Å². The zero-order valence-electron chi connectivity index (χ0n) is 17.1. The minimum atomic E-state index is -0.405. The Balaban J connectivity index is 1.66. The van der Waals surface area contributed by atoms with Gasteiger partial charge in [0.1, 0.15) is 11.9 Å². The van der Waals surface area contributed by atoms with E-state index in [1.54, 1.807) is 12.1 Å². The second kappa shape index (κ2) is 8.59. The molecule has 4 rings (SSSR count). The van der Waals surface area contributed by atoms with Crippen molar-refractivity contribution in [2.75, 3.05) is 18.0 Å². The van der Waals surface area contributed by atoms with Gasteiger partial charge in [-0.05, 0) is 31.0 Å². The van der Waals surface area contributed by atoms with Crippen LogP contribution >= 0.6 is 0 Å². The van der Waals surface area contributed by atoms with Crippen LogP contribution in [0.25, 0.3) is 11.4 Å². The van der Waals surface area contributed by atoms with Crippen molar-refractivity contribution in [3.05, 3.63) is 82.0 Å². The molecule has 7 nitrogen and oxygen atoms in total. The van der Waals surface area contributed by atoms with E-state index in [-0.39, 0.29) is 17.9 Å². The first-order valence-corrected chi connectivity index (χ1v) is 10.1. The Morgan fingerprint density at radius 3 is 2.50 bits per heavy atom. The molecule has 1 saturated heterocycles. The van der Waals surface area contributed by atoms with Crippen LogP contribution in [0.2, 0.25) is 0 Å². The number of hydrogen-bond acceptors (Lipinski definition) is 6. The van der Waals surface area contributed by atoms with E-state index in [1.807, 2.05) is 24.3 Å². The number of nitro groups is 1. The molecule has 0 saturated carbocycles. The molecule has 0 N–H and O–H groups in total. The highest BCUT2D eigenvalue weighted by Gasteiger charge is 2.28. The molecule has 0 unspecified atom stereocenters. The number of benzene rings is 2. The summed E-state index contributed by atoms with van der Waals surface area (Å²) in [5.74, 6) is 1.43. The van der Waals surface area contributed by atoms with E-state index in [0.717, 1.165) is 35.6 Å². The lowest BCUT2D eigenvalue weighted by Gasteiger charge is -2.38. The minimum absolute atomic E-state index is 0.0298. The maximum Gasteiger partial charge on any atom is 0.269 e. The standard InChI is InChI=1S/C23H24N4O3/c1-3-19-13-22(25-23(24-19)18-9-11-20(12-10-18)27(28)29)26-14-16(2)30-21(15-26)17-7-5-4-6-8-17/h4-13,16,21H,3,14-15H2,1-2H3/t16-,21+/m1/s1. The maximum absolute atomic E-state index is 10.9. The molecule has 0 amide bonds. The molecule has 0 spiro atoms. The van der Waals surface area contributed by atoms with Crippen LogP contribution in [0.5, 0.6) is 0 Å². The van der Waals surface area contributed by atoms with Crippen molar-refractivity contribution in [3.63, 3.8) is 0 Å². The fourth-order valence-electron chi connectivity index (χ4n) is 3.68. The van der Waals surface area contributed by atoms with Gasteiger partial charge in [0.25, 0.3) is 5.69 Å². The van der Waals surface area contributed by atoms with Crippen LogP contribution in [-0.2, 0) is 11.2 Å². The molecule has 30 heavy (non-hydrogen) atoms. The summed E-state index contributed by atoms with van der Waals surface area (Å²) in [4.78, 5) is 22.2. The Kier molecular flexibility index (Phi) is 5.72. The molecule has 7 heteroatoms. The van der Waals surface area contributed by atoms with Gasteiger partial charge in [-0.25, -0.2) is 9.97 Å². The summed E-state index contributed by atoms with van der Waals surface area (Å²) >= 11 is 0. The van der Waals surface area contributed by atoms with Gasteiger partial charge >= 0.3 is 0 Å². The second-order valence-corrected chi connectivity index (χ2v) is 7.45. The van der Waals surface area contributed by atoms with Gasteiger partial charge in [-0.3, -0.25) is 10.1 Å². The Morgan fingerprint density at radius 2 is 1.83 bits per heavy atom. The zero-order chi connectivity index (χ0) is 21.1. The molecule has 1 fully saturated rings. The predicted molar refractivity (Wildman–Crippen MR) is 115 cm³/mol. The van der Waals surface area contributed by atoms with Gasteiger partial charge in [-0.2, -0.15) is 0 Å². The summed E-state index contributed by atoms with van der Waals surface area (Å²) in [5, 5.41) is 10.9. The minimum Gasteiger partial charge on any atom is -0.367 e. The van der Waals surface area contributed by atoms with Crippen LogP contribution < -0.4 is 4.90 Å². The number of aryl methyl sites for hydroxylation is 1. The van der Waals surface area contributed by atoms with Crippen molar-refractivity contribution in [2.24, 2.45) is 0 Å². The third-order valence-corrected chi connectivity index (χ3v) is 5.22. The summed E-state index contributed by atoms with van der Waals surface area (Å²) in [6.07, 6.45) is 0.807. The molecular weight excluding hydrogens is 380 g/mol. The number of anilines is 1. The monoisotopic (exact) mass is 404 g/mol. The molecule has 1 aliphatic rings. The van der Waals surface area contributed by atoms with Gasteiger partial charge in [0.2, 0.25) is 0 Å². The average molecular weight is 404 g/mol. The number of hydrogen-bond donors (Lipinski definition) is 0. The van der Waals surface area contributed by atoms with Crippen LogP contribution in [0, 0.1) is 10.1 Å². The first kappa shape index (κ1) is 20.0. The summed E-state index contributed by atoms with van der Waals surface area (Å²) in [6, 6.07) is 18.6. The van der Waals surface area contributed by atoms with Crippen molar-refractivity contribution in [1.82, 2.24) is 9.97 Å². The van der Waals surface area contributed by atoms with Gasteiger partial charge in [0.15, 0.2) is 5.82 Å². The Labute approximate surface area is 175 Å². The normalized spacial score (nSPS) is 18.9. The number of nitrogens with zero attached hydrogens (tertiary/aromatic N) is 4. The smallest absolute Gasteiger partial charge is 0.269 e. The van der Waals surface area contributed by atoms with E-state index >= 15 is 0 Å². The molecule has 0 bridgehead atoms. The number of rotatable bonds is 5. The van der Waals surface area contributed by atoms with Crippen LogP contribution in [0.3, 0.4) is 0 Å². The van der Waals surface area contributed by atoms with Gasteiger partial charge in [0.05, 0.1) is 11.0 Å². The van der Waals surface area contributed by atoms with E-state index in [0.29, 0.717) is 12.4 Å². The molecule has 2 aromatic carbocycles. The van der Waals surface area contributed by atoms with Crippen molar-refractivity contribution in [2.45, 2.75) is 32.5 Å². The van der Waals surface area contributed by atoms with Crippen LogP contribution in [-0.4, -0.2) is 34.1 Å². The first-order valence-electron chi connectivity index (χ1n) is 10.1. The molecule has 0 radical (unpaired) electrons. The number of non-ortho nitro benzene ring substituents is 1. The highest BCUT2D eigenvalue weighted by atomic mass is 16.6. The Bertz CT molecular complexity index is 1020. The summed E-state index contributed by atoms with van der Waals surface area (Å²) in [7, 11) is 0. The lowest BCUT2D eigenvalue weighted by Crippen LogP contribution is -2.43. The maximum atomic E-state index is 10.9. The zero-order valence-corrected chi connectivity index (χ0v) is 17.1. The van der Waals surface area contributed by atoms with Crippen molar-refractivity contribution >= 4 is 11.5 Å². The topological polar surface area (TPSA) is 81.4 Å². The van der Waals surface area contributed by atoms with Crippen molar-refractivity contribution in [1.29, 1.82) is 0 Å². The summed E-state index contributed by atoms with van der Waals surface area (Å²) in [5.41, 5.74) is 2.90. The van der Waals surface area contributed by atoms with E-state index < -0.39 is 4.92 Å². The molecule has 3 aromatic rings. The van der Waals surface area contributed by atoms with E-state index in [2.05, 4.69) is 35.9 Å². The Morgan fingerprint density at radius 1 is 1.10 bits per heavy atom. The first-order chi connectivity index (χ1) is 14.5. The second-order valence-electron chi connectivity index (χ2n) is 7.45. The number of ether oxygens (including phenoxy) is 1. The Hall–Kier alpha value is -3.32. The van der Waals surface area contributed by atoms with E-state index in [1.165, 1.54) is 12.1 Å². The van der Waals surface area contributed by atoms with Crippen molar-refractivity contribution in [3.8, 4) is 11.4 Å². The van der Waals surface area contributed by atoms with E-state index in [9.17, 15) is 10.1 Å². The van der Waals surface area contributed by atoms with Crippen molar-refractivity contribution < 1.29 is 9.66 Å².